The van der Waals surface area contributed by atoms with Gasteiger partial charge in [-0.2, -0.15) is 9.97 Å². The van der Waals surface area contributed by atoms with Gasteiger partial charge in [0.2, 0.25) is 5.95 Å². The maximum atomic E-state index is 5.33. The molecule has 7 nitrogen and oxygen atoms in total. The summed E-state index contributed by atoms with van der Waals surface area (Å²) in [5.41, 5.74) is 13.9. The van der Waals surface area contributed by atoms with E-state index in [1.807, 2.05) is 48.5 Å². The van der Waals surface area contributed by atoms with Crippen molar-refractivity contribution < 1.29 is 0 Å². The van der Waals surface area contributed by atoms with Crippen LogP contribution < -0.4 is 0 Å². The maximum absolute atomic E-state index is 5.33. The quantitative estimate of drug-likeness (QED) is 0.152. The Morgan fingerprint density at radius 2 is 0.706 bits per heavy atom. The van der Waals surface area contributed by atoms with Crippen molar-refractivity contribution in [2.24, 2.45) is 0 Å². The first-order valence-corrected chi connectivity index (χ1v) is 22.8. The Labute approximate surface area is 392 Å². The van der Waals surface area contributed by atoms with Crippen LogP contribution in [0.3, 0.4) is 0 Å². The molecule has 13 rings (SSSR count). The molecule has 9 aromatic carbocycles. The van der Waals surface area contributed by atoms with E-state index in [0.717, 1.165) is 99.6 Å². The van der Waals surface area contributed by atoms with Crippen LogP contribution in [0.4, 0.5) is 0 Å². The van der Waals surface area contributed by atoms with E-state index < -0.39 is 0 Å². The molecule has 0 amide bonds. The Kier molecular flexibility index (Phi) is 9.35. The third-order valence-electron chi connectivity index (χ3n) is 12.8. The van der Waals surface area contributed by atoms with E-state index >= 15 is 0 Å². The van der Waals surface area contributed by atoms with E-state index in [1.165, 1.54) is 0 Å². The van der Waals surface area contributed by atoms with Crippen LogP contribution >= 0.6 is 0 Å². The zero-order chi connectivity index (χ0) is 45.0. The van der Waals surface area contributed by atoms with Crippen LogP contribution in [0, 0.1) is 0 Å². The highest BCUT2D eigenvalue weighted by Gasteiger charge is 2.23. The highest BCUT2D eigenvalue weighted by molar-refractivity contribution is 6.19. The van der Waals surface area contributed by atoms with E-state index in [1.54, 1.807) is 0 Å². The third kappa shape index (κ3) is 6.72. The van der Waals surface area contributed by atoms with Gasteiger partial charge >= 0.3 is 0 Å². The summed E-state index contributed by atoms with van der Waals surface area (Å²) in [7, 11) is 0. The molecule has 0 saturated heterocycles. The molecular weight excluding hydrogens is 831 g/mol. The van der Waals surface area contributed by atoms with Gasteiger partial charge in [0.1, 0.15) is 0 Å². The summed E-state index contributed by atoms with van der Waals surface area (Å²) in [5.74, 6) is 2.43. The minimum Gasteiger partial charge on any atom is -0.309 e. The monoisotopic (exact) mass is 869 g/mol. The Balaban J connectivity index is 1.05. The number of fused-ring (bicyclic) bond motifs is 6. The maximum Gasteiger partial charge on any atom is 0.238 e. The Bertz CT molecular complexity index is 3950. The van der Waals surface area contributed by atoms with E-state index in [2.05, 4.69) is 197 Å². The zero-order valence-corrected chi connectivity index (χ0v) is 36.6. The topological polar surface area (TPSA) is 74.3 Å². The largest absolute Gasteiger partial charge is 0.309 e. The molecule has 0 aliphatic heterocycles. The second kappa shape index (κ2) is 16.3. The summed E-state index contributed by atoms with van der Waals surface area (Å²) in [6.45, 7) is 0. The fourth-order valence-corrected chi connectivity index (χ4v) is 9.63. The van der Waals surface area contributed by atoms with Crippen molar-refractivity contribution >= 4 is 43.6 Å². The number of hydrogen-bond donors (Lipinski definition) is 0. The number of hydrogen-bond acceptors (Lipinski definition) is 5. The van der Waals surface area contributed by atoms with Crippen molar-refractivity contribution in [2.75, 3.05) is 0 Å². The van der Waals surface area contributed by atoms with Gasteiger partial charge in [0.25, 0.3) is 0 Å². The van der Waals surface area contributed by atoms with Gasteiger partial charge in [0, 0.05) is 49.4 Å². The van der Waals surface area contributed by atoms with Crippen molar-refractivity contribution in [3.8, 4) is 79.4 Å². The first-order chi connectivity index (χ1) is 33.7. The van der Waals surface area contributed by atoms with E-state index in [4.69, 9.17) is 24.9 Å². The number of aromatic nitrogens is 7. The van der Waals surface area contributed by atoms with Crippen molar-refractivity contribution in [3.05, 3.63) is 237 Å². The zero-order valence-electron chi connectivity index (χ0n) is 36.6. The van der Waals surface area contributed by atoms with Gasteiger partial charge in [0.15, 0.2) is 17.5 Å². The lowest BCUT2D eigenvalue weighted by molar-refractivity contribution is 0.954. The van der Waals surface area contributed by atoms with Gasteiger partial charge < -0.3 is 4.57 Å². The van der Waals surface area contributed by atoms with E-state index in [9.17, 15) is 0 Å². The molecule has 0 aliphatic rings. The fraction of sp³-hybridized carbons (Fsp3) is 0. The Morgan fingerprint density at radius 1 is 0.250 bits per heavy atom. The number of nitrogens with zero attached hydrogens (tertiary/aromatic N) is 7. The summed E-state index contributed by atoms with van der Waals surface area (Å²) in [6, 6.07) is 82.1. The lowest BCUT2D eigenvalue weighted by Crippen LogP contribution is -2.06. The van der Waals surface area contributed by atoms with Crippen LogP contribution in [0.25, 0.3) is 123 Å². The summed E-state index contributed by atoms with van der Waals surface area (Å²) >= 11 is 0. The lowest BCUT2D eigenvalue weighted by atomic mass is 10.0. The standard InChI is InChI=1S/C61H39N7/c1-5-20-40(21-6-1)44-28-19-29-45(36-44)60-64-59(43-26-11-4-12-27-43)65-61(66-60)68-54-34-17-14-31-47(54)50-37-56-49(38-57(50)68)46-30-13-16-33-53(46)67(56)55-35-18-15-32-48(55)52-39-51(41-22-7-2-8-23-41)62-58(63-52)42-24-9-3-10-25-42/h1-39H. The minimum absolute atomic E-state index is 0.547. The molecule has 0 unspecified atom stereocenters. The molecule has 0 bridgehead atoms. The van der Waals surface area contributed by atoms with Gasteiger partial charge in [-0.25, -0.2) is 15.0 Å². The molecule has 0 spiro atoms. The van der Waals surface area contributed by atoms with Crippen LogP contribution in [0.1, 0.15) is 0 Å². The number of para-hydroxylation sites is 3. The summed E-state index contributed by atoms with van der Waals surface area (Å²) in [6.07, 6.45) is 0. The Morgan fingerprint density at radius 3 is 1.35 bits per heavy atom. The SMILES string of the molecule is c1ccc(-c2cccc(-c3nc(-c4ccccc4)nc(-n4c5ccccc5c5cc6c(cc54)c4ccccc4n6-c4ccccc4-c4cc(-c5ccccc5)nc(-c5ccccc5)n4)n3)c2)cc1. The molecule has 0 saturated carbocycles. The number of rotatable bonds is 8. The normalized spacial score (nSPS) is 11.5. The minimum atomic E-state index is 0.547. The molecule has 13 aromatic rings. The highest BCUT2D eigenvalue weighted by Crippen LogP contribution is 2.42. The predicted octanol–water partition coefficient (Wildman–Crippen LogP) is 14.9. The average Bonchev–Trinajstić information content (AvgIpc) is 3.92. The molecule has 4 aromatic heterocycles. The van der Waals surface area contributed by atoms with Gasteiger partial charge in [-0.3, -0.25) is 4.57 Å². The summed E-state index contributed by atoms with van der Waals surface area (Å²) in [5, 5.41) is 4.42. The third-order valence-corrected chi connectivity index (χ3v) is 12.8. The van der Waals surface area contributed by atoms with Crippen LogP contribution in [0.2, 0.25) is 0 Å². The van der Waals surface area contributed by atoms with Crippen LogP contribution in [0.15, 0.2) is 237 Å². The second-order valence-electron chi connectivity index (χ2n) is 16.9. The molecule has 0 atom stereocenters. The molecule has 0 aliphatic carbocycles. The molecule has 0 N–H and O–H groups in total. The molecule has 7 heteroatoms. The predicted molar refractivity (Wildman–Crippen MR) is 277 cm³/mol. The van der Waals surface area contributed by atoms with Gasteiger partial charge in [-0.15, -0.1) is 0 Å². The molecule has 318 valence electrons. The summed E-state index contributed by atoms with van der Waals surface area (Å²) < 4.78 is 4.60. The van der Waals surface area contributed by atoms with Gasteiger partial charge in [-0.05, 0) is 53.6 Å². The molecule has 68 heavy (non-hydrogen) atoms. The summed E-state index contributed by atoms with van der Waals surface area (Å²) in [4.78, 5) is 26.1. The Hall–Kier alpha value is -9.33. The van der Waals surface area contributed by atoms with Gasteiger partial charge in [-0.1, -0.05) is 194 Å². The number of benzene rings is 9. The first-order valence-electron chi connectivity index (χ1n) is 22.8. The van der Waals surface area contributed by atoms with Crippen molar-refractivity contribution in [2.45, 2.75) is 0 Å². The molecule has 0 radical (unpaired) electrons. The molecular formula is C61H39N7. The fourth-order valence-electron chi connectivity index (χ4n) is 9.63. The van der Waals surface area contributed by atoms with Gasteiger partial charge in [0.05, 0.1) is 39.1 Å². The first kappa shape index (κ1) is 39.1. The average molecular weight is 870 g/mol. The van der Waals surface area contributed by atoms with E-state index in [-0.39, 0.29) is 0 Å². The molecule has 0 fully saturated rings. The molecule has 4 heterocycles. The lowest BCUT2D eigenvalue weighted by Gasteiger charge is -2.15. The van der Waals surface area contributed by atoms with Crippen LogP contribution in [-0.2, 0) is 0 Å². The van der Waals surface area contributed by atoms with Crippen molar-refractivity contribution in [3.63, 3.8) is 0 Å². The second-order valence-corrected chi connectivity index (χ2v) is 16.9. The van der Waals surface area contributed by atoms with Crippen molar-refractivity contribution in [1.82, 2.24) is 34.1 Å². The van der Waals surface area contributed by atoms with Crippen LogP contribution in [-0.4, -0.2) is 34.1 Å². The van der Waals surface area contributed by atoms with Crippen LogP contribution in [0.5, 0.6) is 0 Å². The van der Waals surface area contributed by atoms with Crippen molar-refractivity contribution in [1.29, 1.82) is 0 Å². The smallest absolute Gasteiger partial charge is 0.238 e. The highest BCUT2D eigenvalue weighted by atomic mass is 15.2. The van der Waals surface area contributed by atoms with E-state index in [0.29, 0.717) is 23.4 Å².